The molecule has 1 aliphatic carbocycles. The first-order valence-corrected chi connectivity index (χ1v) is 7.92. The summed E-state index contributed by atoms with van der Waals surface area (Å²) in [6, 6.07) is 7.64. The predicted molar refractivity (Wildman–Crippen MR) is 83.9 cm³/mol. The number of hydrogen-bond acceptors (Lipinski definition) is 4. The third-order valence-corrected chi connectivity index (χ3v) is 4.99. The first kappa shape index (κ1) is 14.4. The van der Waals surface area contributed by atoms with Crippen molar-refractivity contribution in [3.05, 3.63) is 47.8 Å². The van der Waals surface area contributed by atoms with Crippen molar-refractivity contribution < 1.29 is 9.53 Å². The molecule has 5 rings (SSSR count). The molecule has 2 aromatic rings. The van der Waals surface area contributed by atoms with Crippen molar-refractivity contribution >= 4 is 5.91 Å². The van der Waals surface area contributed by atoms with Crippen LogP contribution in [0.4, 0.5) is 0 Å². The molecule has 1 unspecified atom stereocenters. The Labute approximate surface area is 134 Å². The largest absolute Gasteiger partial charge is 0.370 e. The predicted octanol–water partition coefficient (Wildman–Crippen LogP) is 1.77. The lowest BCUT2D eigenvalue weighted by atomic mass is 9.67. The molecule has 1 atom stereocenters. The molecular weight excluding hydrogens is 292 g/mol. The number of carbonyl (C=O) groups is 1. The van der Waals surface area contributed by atoms with E-state index in [1.54, 1.807) is 17.1 Å². The highest BCUT2D eigenvalue weighted by Gasteiger charge is 2.64. The standard InChI is InChI=1S/C17H20N4O2/c1-12-17(10-16(2,11-17)23-12)19-15(22)14-5-3-4-13(8-14)9-21-7-6-18-20-21/h3-8,12H,9-11H2,1-2H3,(H,19,22). The van der Waals surface area contributed by atoms with Gasteiger partial charge in [-0.05, 0) is 31.5 Å². The maximum Gasteiger partial charge on any atom is 0.251 e. The molecule has 120 valence electrons. The van der Waals surface area contributed by atoms with Gasteiger partial charge in [0.05, 0.1) is 30.0 Å². The maximum atomic E-state index is 12.6. The minimum Gasteiger partial charge on any atom is -0.370 e. The second kappa shape index (κ2) is 4.89. The van der Waals surface area contributed by atoms with E-state index in [1.165, 1.54) is 0 Å². The van der Waals surface area contributed by atoms with E-state index in [0.717, 1.165) is 18.4 Å². The number of fused-ring (bicyclic) bond motifs is 1. The molecule has 23 heavy (non-hydrogen) atoms. The molecule has 1 aromatic heterocycles. The van der Waals surface area contributed by atoms with Crippen molar-refractivity contribution in [2.45, 2.75) is 50.5 Å². The lowest BCUT2D eigenvalue weighted by Gasteiger charge is -2.43. The van der Waals surface area contributed by atoms with Crippen LogP contribution in [0.3, 0.4) is 0 Å². The molecule has 6 nitrogen and oxygen atoms in total. The lowest BCUT2D eigenvalue weighted by molar-refractivity contribution is -0.00473. The van der Waals surface area contributed by atoms with E-state index in [4.69, 9.17) is 4.74 Å². The van der Waals surface area contributed by atoms with Crippen LogP contribution in [0.1, 0.15) is 42.6 Å². The van der Waals surface area contributed by atoms with Crippen molar-refractivity contribution in [3.63, 3.8) is 0 Å². The highest BCUT2D eigenvalue weighted by atomic mass is 16.5. The van der Waals surface area contributed by atoms with E-state index in [0.29, 0.717) is 12.1 Å². The first-order valence-electron chi connectivity index (χ1n) is 7.92. The van der Waals surface area contributed by atoms with Gasteiger partial charge in [0.1, 0.15) is 0 Å². The maximum absolute atomic E-state index is 12.6. The van der Waals surface area contributed by atoms with Crippen molar-refractivity contribution in [3.8, 4) is 0 Å². The average molecular weight is 312 g/mol. The monoisotopic (exact) mass is 312 g/mol. The smallest absolute Gasteiger partial charge is 0.251 e. The molecule has 3 heterocycles. The van der Waals surface area contributed by atoms with Gasteiger partial charge in [-0.2, -0.15) is 0 Å². The van der Waals surface area contributed by atoms with Gasteiger partial charge in [-0.25, -0.2) is 4.68 Å². The van der Waals surface area contributed by atoms with Crippen molar-refractivity contribution in [2.24, 2.45) is 0 Å². The fraction of sp³-hybridized carbons (Fsp3) is 0.471. The molecule has 2 bridgehead atoms. The number of aromatic nitrogens is 3. The van der Waals surface area contributed by atoms with E-state index in [1.807, 2.05) is 31.2 Å². The van der Waals surface area contributed by atoms with Crippen LogP contribution in [0.25, 0.3) is 0 Å². The molecule has 3 aliphatic rings. The Bertz CT molecular complexity index is 735. The molecular formula is C17H20N4O2. The van der Waals surface area contributed by atoms with Gasteiger partial charge in [0.2, 0.25) is 0 Å². The zero-order chi connectivity index (χ0) is 16.1. The summed E-state index contributed by atoms with van der Waals surface area (Å²) in [6.07, 6.45) is 5.30. The molecule has 1 amide bonds. The third-order valence-electron chi connectivity index (χ3n) is 4.99. The van der Waals surface area contributed by atoms with Gasteiger partial charge in [0.15, 0.2) is 0 Å². The summed E-state index contributed by atoms with van der Waals surface area (Å²) in [7, 11) is 0. The van der Waals surface area contributed by atoms with Crippen molar-refractivity contribution in [1.29, 1.82) is 0 Å². The van der Waals surface area contributed by atoms with Crippen molar-refractivity contribution in [2.75, 3.05) is 0 Å². The molecule has 2 aliphatic heterocycles. The summed E-state index contributed by atoms with van der Waals surface area (Å²) in [5.74, 6) is -0.0372. The number of hydrogen-bond donors (Lipinski definition) is 1. The average Bonchev–Trinajstić information content (AvgIpc) is 3.12. The van der Waals surface area contributed by atoms with Crippen LogP contribution < -0.4 is 5.32 Å². The van der Waals surface area contributed by atoms with Gasteiger partial charge >= 0.3 is 0 Å². The minimum atomic E-state index is -0.201. The Balaban J connectivity index is 1.49. The normalized spacial score (nSPS) is 31.7. The van der Waals surface area contributed by atoms with Crippen molar-refractivity contribution in [1.82, 2.24) is 20.3 Å². The van der Waals surface area contributed by atoms with Gasteiger partial charge < -0.3 is 10.1 Å². The van der Waals surface area contributed by atoms with Gasteiger partial charge in [-0.1, -0.05) is 17.3 Å². The Morgan fingerprint density at radius 1 is 1.48 bits per heavy atom. The van der Waals surface area contributed by atoms with Crippen LogP contribution in [0, 0.1) is 0 Å². The molecule has 1 N–H and O–H groups in total. The molecule has 3 fully saturated rings. The molecule has 1 aromatic carbocycles. The number of rotatable bonds is 4. The molecule has 6 heteroatoms. The van der Waals surface area contributed by atoms with Crippen LogP contribution in [-0.2, 0) is 11.3 Å². The molecule has 0 radical (unpaired) electrons. The third kappa shape index (κ3) is 2.43. The fourth-order valence-electron chi connectivity index (χ4n) is 4.00. The van der Waals surface area contributed by atoms with Crippen LogP contribution in [0.5, 0.6) is 0 Å². The van der Waals surface area contributed by atoms with Gasteiger partial charge in [-0.3, -0.25) is 4.79 Å². The Morgan fingerprint density at radius 2 is 2.30 bits per heavy atom. The number of nitrogens with one attached hydrogen (secondary N) is 1. The zero-order valence-corrected chi connectivity index (χ0v) is 13.3. The summed E-state index contributed by atoms with van der Waals surface area (Å²) in [5.41, 5.74) is 1.44. The summed E-state index contributed by atoms with van der Waals surface area (Å²) in [6.45, 7) is 4.75. The lowest BCUT2D eigenvalue weighted by Crippen LogP contribution is -2.60. The van der Waals surface area contributed by atoms with E-state index in [2.05, 4.69) is 22.6 Å². The van der Waals surface area contributed by atoms with Gasteiger partial charge in [0, 0.05) is 24.6 Å². The van der Waals surface area contributed by atoms with E-state index < -0.39 is 0 Å². The second-order valence-corrected chi connectivity index (χ2v) is 6.97. The van der Waals surface area contributed by atoms with Crippen LogP contribution in [0.15, 0.2) is 36.7 Å². The molecule has 1 saturated carbocycles. The summed E-state index contributed by atoms with van der Waals surface area (Å²) in [5, 5.41) is 10.9. The number of nitrogens with zero attached hydrogens (tertiary/aromatic N) is 3. The van der Waals surface area contributed by atoms with E-state index in [-0.39, 0.29) is 23.2 Å². The summed E-state index contributed by atoms with van der Waals surface area (Å²) in [4.78, 5) is 12.6. The highest BCUT2D eigenvalue weighted by molar-refractivity contribution is 5.95. The Kier molecular flexibility index (Phi) is 3.06. The second-order valence-electron chi connectivity index (χ2n) is 6.97. The number of ether oxygens (including phenoxy) is 1. The SMILES string of the molecule is CC1OC2(C)CC1(NC(=O)c1cccc(Cn3ccnn3)c1)C2. The van der Waals surface area contributed by atoms with Crippen LogP contribution in [0.2, 0.25) is 0 Å². The summed E-state index contributed by atoms with van der Waals surface area (Å²) < 4.78 is 7.66. The van der Waals surface area contributed by atoms with Crippen LogP contribution >= 0.6 is 0 Å². The fourth-order valence-corrected chi connectivity index (χ4v) is 4.00. The van der Waals surface area contributed by atoms with E-state index in [9.17, 15) is 4.79 Å². The quantitative estimate of drug-likeness (QED) is 0.934. The number of benzene rings is 1. The van der Waals surface area contributed by atoms with E-state index >= 15 is 0 Å². The van der Waals surface area contributed by atoms with Crippen LogP contribution in [-0.4, -0.2) is 38.1 Å². The topological polar surface area (TPSA) is 69.0 Å². The highest BCUT2D eigenvalue weighted by Crippen LogP contribution is 2.55. The Hall–Kier alpha value is -2.21. The number of amides is 1. The minimum absolute atomic E-state index is 0.0372. The first-order chi connectivity index (χ1) is 11.0. The summed E-state index contributed by atoms with van der Waals surface area (Å²) >= 11 is 0. The number of carbonyl (C=O) groups excluding carboxylic acids is 1. The molecule has 2 saturated heterocycles. The van der Waals surface area contributed by atoms with Gasteiger partial charge in [0.25, 0.3) is 5.91 Å². The molecule has 0 spiro atoms. The van der Waals surface area contributed by atoms with Gasteiger partial charge in [-0.15, -0.1) is 5.10 Å². The Morgan fingerprint density at radius 3 is 2.96 bits per heavy atom. The zero-order valence-electron chi connectivity index (χ0n) is 13.3.